The normalized spacial score (nSPS) is 11.4. The molecule has 0 spiro atoms. The molecular weight excluding hydrogens is 372 g/mol. The highest BCUT2D eigenvalue weighted by Crippen LogP contribution is 2.15. The van der Waals surface area contributed by atoms with Crippen LogP contribution in [0.15, 0.2) is 30.6 Å². The second-order valence-corrected chi connectivity index (χ2v) is 9.00. The van der Waals surface area contributed by atoms with E-state index >= 15 is 0 Å². The third-order valence-electron chi connectivity index (χ3n) is 5.80. The minimum absolute atomic E-state index is 0.330. The number of imidazole rings is 1. The summed E-state index contributed by atoms with van der Waals surface area (Å²) in [5.74, 6) is 0.864. The second kappa shape index (κ2) is 15.0. The van der Waals surface area contributed by atoms with Crippen molar-refractivity contribution < 1.29 is 9.53 Å². The third kappa shape index (κ3) is 9.77. The maximum atomic E-state index is 12.2. The van der Waals surface area contributed by atoms with Crippen LogP contribution in [0, 0.1) is 5.92 Å². The third-order valence-corrected chi connectivity index (χ3v) is 5.80. The van der Waals surface area contributed by atoms with Crippen LogP contribution < -0.4 is 0 Å². The molecule has 0 atom stereocenters. The number of aromatic nitrogens is 2. The van der Waals surface area contributed by atoms with Crippen LogP contribution in [-0.2, 0) is 4.74 Å². The second-order valence-electron chi connectivity index (χ2n) is 9.00. The first-order chi connectivity index (χ1) is 14.7. The molecule has 0 saturated carbocycles. The molecular formula is C26H42N2O2. The fourth-order valence-corrected chi connectivity index (χ4v) is 3.93. The highest BCUT2D eigenvalue weighted by Gasteiger charge is 2.10. The highest BCUT2D eigenvalue weighted by atomic mass is 16.5. The van der Waals surface area contributed by atoms with Gasteiger partial charge in [0.1, 0.15) is 6.33 Å². The summed E-state index contributed by atoms with van der Waals surface area (Å²) in [6, 6.07) is 7.61. The van der Waals surface area contributed by atoms with Crippen LogP contribution in [0.25, 0.3) is 11.0 Å². The number of rotatable bonds is 16. The Morgan fingerprint density at radius 2 is 1.37 bits per heavy atom. The van der Waals surface area contributed by atoms with Gasteiger partial charge in [-0.2, -0.15) is 0 Å². The van der Waals surface area contributed by atoms with Crippen molar-refractivity contribution in [2.75, 3.05) is 6.61 Å². The van der Waals surface area contributed by atoms with Crippen molar-refractivity contribution in [1.82, 2.24) is 9.55 Å². The van der Waals surface area contributed by atoms with E-state index in [0.29, 0.717) is 6.61 Å². The van der Waals surface area contributed by atoms with Gasteiger partial charge in [0.2, 0.25) is 0 Å². The monoisotopic (exact) mass is 414 g/mol. The quantitative estimate of drug-likeness (QED) is 0.260. The van der Waals surface area contributed by atoms with Crippen molar-refractivity contribution in [2.45, 2.75) is 104 Å². The predicted molar refractivity (Wildman–Crippen MR) is 126 cm³/mol. The summed E-state index contributed by atoms with van der Waals surface area (Å²) in [7, 11) is 0. The number of fused-ring (bicyclic) bond motifs is 1. The molecule has 0 aliphatic rings. The molecule has 168 valence electrons. The Morgan fingerprint density at radius 3 is 1.97 bits per heavy atom. The Morgan fingerprint density at radius 1 is 0.833 bits per heavy atom. The van der Waals surface area contributed by atoms with E-state index in [9.17, 15) is 4.79 Å². The van der Waals surface area contributed by atoms with E-state index in [4.69, 9.17) is 4.74 Å². The number of benzene rings is 1. The lowest BCUT2D eigenvalue weighted by atomic mass is 10.0. The first-order valence-corrected chi connectivity index (χ1v) is 12.3. The van der Waals surface area contributed by atoms with E-state index in [1.54, 1.807) is 6.33 Å². The fraction of sp³-hybridized carbons (Fsp3) is 0.692. The SMILES string of the molecule is CC(C)CCCCCCCCCCCCCCCOC(=O)n1cnc2ccccc21. The summed E-state index contributed by atoms with van der Waals surface area (Å²) in [6.45, 7) is 5.13. The molecule has 0 unspecified atom stereocenters. The van der Waals surface area contributed by atoms with Gasteiger partial charge in [0.05, 0.1) is 17.6 Å². The Hall–Kier alpha value is -1.84. The van der Waals surface area contributed by atoms with Gasteiger partial charge in [0.15, 0.2) is 0 Å². The number of carbonyl (C=O) groups is 1. The van der Waals surface area contributed by atoms with Crippen LogP contribution in [0.4, 0.5) is 4.79 Å². The van der Waals surface area contributed by atoms with Gasteiger partial charge in [-0.25, -0.2) is 14.3 Å². The van der Waals surface area contributed by atoms with E-state index < -0.39 is 0 Å². The molecule has 0 bridgehead atoms. The summed E-state index contributed by atoms with van der Waals surface area (Å²) in [5, 5.41) is 0. The Bertz CT molecular complexity index is 708. The summed E-state index contributed by atoms with van der Waals surface area (Å²) in [5.41, 5.74) is 1.62. The first kappa shape index (κ1) is 24.4. The van der Waals surface area contributed by atoms with Crippen molar-refractivity contribution in [1.29, 1.82) is 0 Å². The highest BCUT2D eigenvalue weighted by molar-refractivity contribution is 5.86. The molecule has 0 aliphatic carbocycles. The number of para-hydroxylation sites is 2. The van der Waals surface area contributed by atoms with Crippen molar-refractivity contribution in [3.05, 3.63) is 30.6 Å². The lowest BCUT2D eigenvalue weighted by molar-refractivity contribution is 0.146. The van der Waals surface area contributed by atoms with Gasteiger partial charge in [-0.15, -0.1) is 0 Å². The van der Waals surface area contributed by atoms with Crippen molar-refractivity contribution >= 4 is 17.1 Å². The Balaban J connectivity index is 1.36. The van der Waals surface area contributed by atoms with E-state index in [-0.39, 0.29) is 6.09 Å². The largest absolute Gasteiger partial charge is 0.449 e. The van der Waals surface area contributed by atoms with Gasteiger partial charge in [0, 0.05) is 0 Å². The number of ether oxygens (including phenoxy) is 1. The van der Waals surface area contributed by atoms with Crippen LogP contribution in [-0.4, -0.2) is 22.3 Å². The van der Waals surface area contributed by atoms with Crippen molar-refractivity contribution in [3.8, 4) is 0 Å². The van der Waals surface area contributed by atoms with E-state index in [2.05, 4.69) is 18.8 Å². The summed E-state index contributed by atoms with van der Waals surface area (Å²) < 4.78 is 6.88. The molecule has 0 amide bonds. The molecule has 0 radical (unpaired) electrons. The average Bonchev–Trinajstić information content (AvgIpc) is 3.17. The van der Waals surface area contributed by atoms with Crippen molar-refractivity contribution in [2.24, 2.45) is 5.92 Å². The Kier molecular flexibility index (Phi) is 12.2. The maximum Gasteiger partial charge on any atom is 0.419 e. The summed E-state index contributed by atoms with van der Waals surface area (Å²) in [6.07, 6.45) is 19.8. The topological polar surface area (TPSA) is 44.1 Å². The van der Waals surface area contributed by atoms with Crippen molar-refractivity contribution in [3.63, 3.8) is 0 Å². The fourth-order valence-electron chi connectivity index (χ4n) is 3.93. The zero-order valence-corrected chi connectivity index (χ0v) is 19.3. The van der Waals surface area contributed by atoms with Crippen LogP contribution in [0.5, 0.6) is 0 Å². The van der Waals surface area contributed by atoms with Crippen LogP contribution in [0.1, 0.15) is 104 Å². The molecule has 1 heterocycles. The number of hydrogen-bond acceptors (Lipinski definition) is 3. The van der Waals surface area contributed by atoms with Gasteiger partial charge in [-0.1, -0.05) is 109 Å². The number of hydrogen-bond donors (Lipinski definition) is 0. The zero-order chi connectivity index (χ0) is 21.4. The molecule has 2 rings (SSSR count). The summed E-state index contributed by atoms with van der Waals surface area (Å²) in [4.78, 5) is 16.4. The summed E-state index contributed by atoms with van der Waals surface area (Å²) >= 11 is 0. The molecule has 4 heteroatoms. The molecule has 2 aromatic rings. The number of unbranched alkanes of at least 4 members (excludes halogenated alkanes) is 12. The first-order valence-electron chi connectivity index (χ1n) is 12.3. The van der Waals surface area contributed by atoms with E-state index in [0.717, 1.165) is 29.8 Å². The standard InChI is InChI=1S/C26H42N2O2/c1-23(2)18-14-12-10-8-6-4-3-5-7-9-11-13-17-21-30-26(29)28-22-27-24-19-15-16-20-25(24)28/h15-16,19-20,22-23H,3-14,17-18,21H2,1-2H3. The molecule has 1 aromatic carbocycles. The average molecular weight is 415 g/mol. The molecule has 0 fully saturated rings. The number of nitrogens with zero attached hydrogens (tertiary/aromatic N) is 2. The van der Waals surface area contributed by atoms with E-state index in [1.165, 1.54) is 81.6 Å². The minimum Gasteiger partial charge on any atom is -0.449 e. The smallest absolute Gasteiger partial charge is 0.419 e. The predicted octanol–water partition coefficient (Wildman–Crippen LogP) is 8.14. The molecule has 0 aliphatic heterocycles. The lowest BCUT2D eigenvalue weighted by Crippen LogP contribution is -2.13. The molecule has 30 heavy (non-hydrogen) atoms. The van der Waals surface area contributed by atoms with Crippen LogP contribution in [0.3, 0.4) is 0 Å². The van der Waals surface area contributed by atoms with Gasteiger partial charge in [-0.05, 0) is 24.5 Å². The van der Waals surface area contributed by atoms with Crippen LogP contribution >= 0.6 is 0 Å². The molecule has 4 nitrogen and oxygen atoms in total. The maximum absolute atomic E-state index is 12.2. The lowest BCUT2D eigenvalue weighted by Gasteiger charge is -2.06. The zero-order valence-electron chi connectivity index (χ0n) is 19.3. The Labute approximate surface area is 183 Å². The molecule has 0 saturated heterocycles. The van der Waals surface area contributed by atoms with Gasteiger partial charge >= 0.3 is 6.09 Å². The van der Waals surface area contributed by atoms with E-state index in [1.807, 2.05) is 24.3 Å². The van der Waals surface area contributed by atoms with Gasteiger partial charge < -0.3 is 4.74 Å². The minimum atomic E-state index is -0.330. The number of carbonyl (C=O) groups excluding carboxylic acids is 1. The van der Waals surface area contributed by atoms with Crippen LogP contribution in [0.2, 0.25) is 0 Å². The van der Waals surface area contributed by atoms with Gasteiger partial charge in [-0.3, -0.25) is 0 Å². The molecule has 0 N–H and O–H groups in total. The molecule has 1 aromatic heterocycles. The van der Waals surface area contributed by atoms with Gasteiger partial charge in [0.25, 0.3) is 0 Å².